The number of hydrogen-bond acceptors (Lipinski definition) is 2. The molecule has 0 saturated heterocycles. The lowest BCUT2D eigenvalue weighted by atomic mass is 10.1. The van der Waals surface area contributed by atoms with E-state index in [1.807, 2.05) is 36.0 Å². The molecule has 1 amide bonds. The van der Waals surface area contributed by atoms with E-state index in [2.05, 4.69) is 33.7 Å². The van der Waals surface area contributed by atoms with E-state index < -0.39 is 6.67 Å². The molecule has 0 aliphatic heterocycles. The van der Waals surface area contributed by atoms with Crippen molar-refractivity contribution >= 4 is 27.5 Å². The summed E-state index contributed by atoms with van der Waals surface area (Å²) in [7, 11) is 2.03. The zero-order valence-corrected chi connectivity index (χ0v) is 18.6. The highest BCUT2D eigenvalue weighted by Crippen LogP contribution is 2.40. The number of rotatable bonds is 11. The van der Waals surface area contributed by atoms with Crippen LogP contribution in [-0.4, -0.2) is 28.9 Å². The van der Waals surface area contributed by atoms with Crippen LogP contribution in [0.1, 0.15) is 55.8 Å². The van der Waals surface area contributed by atoms with Crippen molar-refractivity contribution in [2.24, 2.45) is 7.05 Å². The fourth-order valence-electron chi connectivity index (χ4n) is 3.58. The lowest BCUT2D eigenvalue weighted by molar-refractivity contribution is -0.115. The van der Waals surface area contributed by atoms with E-state index in [1.165, 1.54) is 18.5 Å². The third-order valence-electron chi connectivity index (χ3n) is 5.34. The summed E-state index contributed by atoms with van der Waals surface area (Å²) in [6.07, 6.45) is 6.52. The molecule has 29 heavy (non-hydrogen) atoms. The van der Waals surface area contributed by atoms with E-state index in [4.69, 9.17) is 0 Å². The summed E-state index contributed by atoms with van der Waals surface area (Å²) in [5, 5.41) is 4.63. The highest BCUT2D eigenvalue weighted by atomic mass is 79.9. The molecular formula is C23H29BrFN3O. The minimum absolute atomic E-state index is 0.0757. The van der Waals surface area contributed by atoms with Gasteiger partial charge in [0.15, 0.2) is 0 Å². The van der Waals surface area contributed by atoms with Crippen molar-refractivity contribution in [2.45, 2.75) is 50.9 Å². The molecule has 2 aromatic rings. The second-order valence-corrected chi connectivity index (χ2v) is 8.66. The van der Waals surface area contributed by atoms with Gasteiger partial charge in [-0.05, 0) is 56.4 Å². The lowest BCUT2D eigenvalue weighted by Crippen LogP contribution is -2.33. The highest BCUT2D eigenvalue weighted by Gasteiger charge is 2.27. The molecular weight excluding hydrogens is 433 g/mol. The summed E-state index contributed by atoms with van der Waals surface area (Å²) in [5.41, 5.74) is 3.64. The summed E-state index contributed by atoms with van der Waals surface area (Å²) < 4.78 is 15.6. The average Bonchev–Trinajstić information content (AvgIpc) is 3.47. The van der Waals surface area contributed by atoms with Gasteiger partial charge in [0.05, 0.1) is 12.4 Å². The van der Waals surface area contributed by atoms with Crippen LogP contribution in [-0.2, 0) is 18.3 Å². The second-order valence-electron chi connectivity index (χ2n) is 7.75. The molecule has 1 fully saturated rings. The molecule has 1 aliphatic carbocycles. The first-order chi connectivity index (χ1) is 14.0. The number of aromatic nitrogens is 2. The zero-order chi connectivity index (χ0) is 20.8. The Morgan fingerprint density at radius 2 is 2.10 bits per heavy atom. The van der Waals surface area contributed by atoms with Gasteiger partial charge < -0.3 is 4.90 Å². The summed E-state index contributed by atoms with van der Waals surface area (Å²) >= 11 is 3.46. The number of aryl methyl sites for hydroxylation is 2. The fraction of sp³-hybridized carbons (Fsp3) is 0.478. The smallest absolute Gasteiger partial charge is 0.253 e. The first-order valence-electron chi connectivity index (χ1n) is 10.3. The fourth-order valence-corrected chi connectivity index (χ4v) is 3.97. The SMILES string of the molecule is C=C(CCF)C(=O)N(CCCCCc1cc(C2CC2)n(C)n1)c1cccc(Br)c1. The van der Waals surface area contributed by atoms with Crippen molar-refractivity contribution in [1.29, 1.82) is 0 Å². The Kier molecular flexibility index (Phi) is 7.64. The monoisotopic (exact) mass is 461 g/mol. The van der Waals surface area contributed by atoms with Crippen LogP contribution >= 0.6 is 15.9 Å². The Hall–Kier alpha value is -1.95. The maximum Gasteiger partial charge on any atom is 0.253 e. The zero-order valence-electron chi connectivity index (χ0n) is 17.0. The van der Waals surface area contributed by atoms with Crippen molar-refractivity contribution in [3.8, 4) is 0 Å². The predicted octanol–water partition coefficient (Wildman–Crippen LogP) is 5.72. The molecule has 1 heterocycles. The van der Waals surface area contributed by atoms with Gasteiger partial charge in [-0.2, -0.15) is 5.10 Å². The largest absolute Gasteiger partial charge is 0.309 e. The van der Waals surface area contributed by atoms with Crippen LogP contribution in [0.2, 0.25) is 0 Å². The van der Waals surface area contributed by atoms with E-state index >= 15 is 0 Å². The van der Waals surface area contributed by atoms with Gasteiger partial charge in [-0.15, -0.1) is 0 Å². The molecule has 1 aromatic heterocycles. The lowest BCUT2D eigenvalue weighted by Gasteiger charge is -2.24. The number of alkyl halides is 1. The van der Waals surface area contributed by atoms with E-state index in [0.29, 0.717) is 18.0 Å². The molecule has 0 atom stereocenters. The van der Waals surface area contributed by atoms with Crippen molar-refractivity contribution in [3.05, 3.63) is 58.3 Å². The standard InChI is InChI=1S/C23H29BrFN3O/c1-17(12-13-25)23(29)28(21-9-6-7-19(24)15-21)14-5-3-4-8-20-16-22(18-10-11-18)27(2)26-20/h6-7,9,15-16,18H,1,3-5,8,10-14H2,2H3. The first kappa shape index (κ1) is 21.8. The van der Waals surface area contributed by atoms with Gasteiger partial charge in [-0.1, -0.05) is 35.0 Å². The number of anilines is 1. The quantitative estimate of drug-likeness (QED) is 0.316. The van der Waals surface area contributed by atoms with E-state index in [1.54, 1.807) is 4.90 Å². The number of amides is 1. The van der Waals surface area contributed by atoms with Crippen LogP contribution in [0.25, 0.3) is 0 Å². The van der Waals surface area contributed by atoms with Crippen LogP contribution in [0, 0.1) is 0 Å². The Morgan fingerprint density at radius 1 is 1.31 bits per heavy atom. The van der Waals surface area contributed by atoms with Crippen molar-refractivity contribution in [1.82, 2.24) is 9.78 Å². The summed E-state index contributed by atoms with van der Waals surface area (Å²) in [6, 6.07) is 9.88. The number of carbonyl (C=O) groups excluding carboxylic acids is 1. The topological polar surface area (TPSA) is 38.1 Å². The molecule has 1 aromatic carbocycles. The molecule has 4 nitrogen and oxygen atoms in total. The van der Waals surface area contributed by atoms with Crippen molar-refractivity contribution < 1.29 is 9.18 Å². The van der Waals surface area contributed by atoms with Crippen molar-refractivity contribution in [2.75, 3.05) is 18.1 Å². The third-order valence-corrected chi connectivity index (χ3v) is 5.83. The van der Waals surface area contributed by atoms with E-state index in [-0.39, 0.29) is 12.3 Å². The minimum Gasteiger partial charge on any atom is -0.309 e. The van der Waals surface area contributed by atoms with Gasteiger partial charge in [0.2, 0.25) is 0 Å². The normalized spacial score (nSPS) is 13.5. The number of benzene rings is 1. The Balaban J connectivity index is 1.53. The summed E-state index contributed by atoms with van der Waals surface area (Å²) in [4.78, 5) is 14.5. The highest BCUT2D eigenvalue weighted by molar-refractivity contribution is 9.10. The van der Waals surface area contributed by atoms with Crippen LogP contribution in [0.15, 0.2) is 47.0 Å². The maximum atomic E-state index is 12.8. The molecule has 3 rings (SSSR count). The molecule has 0 unspecified atom stereocenters. The Labute approximate surface area is 180 Å². The van der Waals surface area contributed by atoms with Gasteiger partial charge in [0.1, 0.15) is 0 Å². The Bertz CT molecular complexity index is 860. The number of halogens is 2. The maximum absolute atomic E-state index is 12.8. The minimum atomic E-state index is -0.566. The first-order valence-corrected chi connectivity index (χ1v) is 11.1. The van der Waals surface area contributed by atoms with Crippen LogP contribution in [0.3, 0.4) is 0 Å². The predicted molar refractivity (Wildman–Crippen MR) is 119 cm³/mol. The van der Waals surface area contributed by atoms with Crippen LogP contribution in [0.5, 0.6) is 0 Å². The third kappa shape index (κ3) is 6.01. The molecule has 6 heteroatoms. The molecule has 0 spiro atoms. The molecule has 0 bridgehead atoms. The molecule has 0 N–H and O–H groups in total. The molecule has 0 radical (unpaired) electrons. The molecule has 156 valence electrons. The van der Waals surface area contributed by atoms with Gasteiger partial charge in [-0.25, -0.2) is 0 Å². The van der Waals surface area contributed by atoms with Gasteiger partial charge in [-0.3, -0.25) is 13.9 Å². The number of unbranched alkanes of at least 4 members (excludes halogenated alkanes) is 2. The van der Waals surface area contributed by atoms with Gasteiger partial charge in [0.25, 0.3) is 5.91 Å². The second kappa shape index (κ2) is 10.2. The van der Waals surface area contributed by atoms with E-state index in [9.17, 15) is 9.18 Å². The summed E-state index contributed by atoms with van der Waals surface area (Å²) in [6.45, 7) is 3.80. The van der Waals surface area contributed by atoms with Gasteiger partial charge >= 0.3 is 0 Å². The number of carbonyl (C=O) groups is 1. The number of hydrogen-bond donors (Lipinski definition) is 0. The Morgan fingerprint density at radius 3 is 2.79 bits per heavy atom. The van der Waals surface area contributed by atoms with E-state index in [0.717, 1.165) is 41.5 Å². The van der Waals surface area contributed by atoms with Crippen LogP contribution in [0.4, 0.5) is 10.1 Å². The average molecular weight is 462 g/mol. The van der Waals surface area contributed by atoms with Gasteiger partial charge in [0, 0.05) is 47.4 Å². The van der Waals surface area contributed by atoms with Crippen LogP contribution < -0.4 is 4.90 Å². The molecule has 1 saturated carbocycles. The summed E-state index contributed by atoms with van der Waals surface area (Å²) in [5.74, 6) is 0.517. The number of nitrogens with zero attached hydrogens (tertiary/aromatic N) is 3. The molecule has 1 aliphatic rings. The van der Waals surface area contributed by atoms with Crippen molar-refractivity contribution in [3.63, 3.8) is 0 Å².